The first-order chi connectivity index (χ1) is 15.9. The normalized spacial score (nSPS) is 25.9. The molecular formula is C22H29F3N4O4S. The van der Waals surface area contributed by atoms with Gasteiger partial charge >= 0.3 is 12.2 Å². The van der Waals surface area contributed by atoms with Crippen molar-refractivity contribution in [1.29, 1.82) is 4.78 Å². The first-order valence-electron chi connectivity index (χ1n) is 11.3. The van der Waals surface area contributed by atoms with Crippen LogP contribution in [0, 0.1) is 10.7 Å². The number of hydrogen-bond donors (Lipinski definition) is 2. The Labute approximate surface area is 196 Å². The van der Waals surface area contributed by atoms with E-state index < -0.39 is 21.5 Å². The number of piperidine rings is 2. The Bertz CT molecular complexity index is 1050. The van der Waals surface area contributed by atoms with Crippen LogP contribution in [0.4, 0.5) is 18.0 Å². The Hall–Kier alpha value is -2.34. The number of halogens is 3. The van der Waals surface area contributed by atoms with E-state index in [2.05, 4.69) is 5.32 Å². The summed E-state index contributed by atoms with van der Waals surface area (Å²) in [6.45, 7) is 2.03. The van der Waals surface area contributed by atoms with Gasteiger partial charge in [0, 0.05) is 32.4 Å². The maximum absolute atomic E-state index is 13.1. The minimum atomic E-state index is -4.56. The molecule has 1 aromatic rings. The van der Waals surface area contributed by atoms with Gasteiger partial charge < -0.3 is 19.9 Å². The van der Waals surface area contributed by atoms with Crippen LogP contribution in [-0.4, -0.2) is 77.1 Å². The molecule has 3 heterocycles. The fraction of sp³-hybridized carbons (Fsp3) is 0.636. The molecule has 0 aromatic heterocycles. The molecule has 1 unspecified atom stereocenters. The molecule has 12 heteroatoms. The van der Waals surface area contributed by atoms with Gasteiger partial charge in [-0.3, -0.25) is 4.79 Å². The van der Waals surface area contributed by atoms with Crippen LogP contribution >= 0.6 is 0 Å². The number of ether oxygens (including phenoxy) is 1. The summed E-state index contributed by atoms with van der Waals surface area (Å²) in [5.41, 5.74) is -0.410. The molecule has 0 bridgehead atoms. The van der Waals surface area contributed by atoms with Crippen molar-refractivity contribution in [2.75, 3.05) is 39.0 Å². The molecule has 4 rings (SSSR count). The zero-order chi connectivity index (χ0) is 24.7. The Morgan fingerprint density at radius 2 is 1.88 bits per heavy atom. The number of fused-ring (bicyclic) bond motifs is 1. The summed E-state index contributed by atoms with van der Waals surface area (Å²) in [4.78, 5) is 28.1. The summed E-state index contributed by atoms with van der Waals surface area (Å²) in [6.07, 6.45) is -1.11. The van der Waals surface area contributed by atoms with Crippen LogP contribution in [-0.2, 0) is 31.9 Å². The van der Waals surface area contributed by atoms with Gasteiger partial charge in [-0.1, -0.05) is 6.07 Å². The van der Waals surface area contributed by atoms with Crippen LogP contribution in [0.2, 0.25) is 0 Å². The van der Waals surface area contributed by atoms with E-state index in [-0.39, 0.29) is 41.5 Å². The molecule has 2 N–H and O–H groups in total. The second kappa shape index (κ2) is 9.37. The average molecular weight is 503 g/mol. The first-order valence-corrected chi connectivity index (χ1v) is 13.3. The molecule has 8 nitrogen and oxygen atoms in total. The highest BCUT2D eigenvalue weighted by Crippen LogP contribution is 2.34. The highest BCUT2D eigenvalue weighted by molar-refractivity contribution is 7.91. The molecule has 3 amide bonds. The number of nitrogens with one attached hydrogen (secondary N) is 2. The Balaban J connectivity index is 1.36. The topological polar surface area (TPSA) is 103 Å². The van der Waals surface area contributed by atoms with Crippen LogP contribution in [0.1, 0.15) is 30.4 Å². The first kappa shape index (κ1) is 24.8. The standard InChI is InChI=1S/C22H29F3N4O4S/c1-34(26,32)19-11-16(22(23,24)25)3-2-15(19)10-14-4-7-28(8-5-14)21(31)29-9-6-18-17(12-29)27-20(30)13-33-18/h2-3,11,14,17-18,26H,4-10,12-13H2,1H3,(H,27,30)/t17-,18+,34?/m1/s1. The number of morpholine rings is 1. The predicted molar refractivity (Wildman–Crippen MR) is 118 cm³/mol. The monoisotopic (exact) mass is 502 g/mol. The van der Waals surface area contributed by atoms with Crippen molar-refractivity contribution >= 4 is 21.7 Å². The number of nitrogens with zero attached hydrogens (tertiary/aromatic N) is 2. The van der Waals surface area contributed by atoms with Gasteiger partial charge in [-0.2, -0.15) is 13.2 Å². The maximum Gasteiger partial charge on any atom is 0.416 e. The van der Waals surface area contributed by atoms with E-state index in [0.717, 1.165) is 18.4 Å². The van der Waals surface area contributed by atoms with Gasteiger partial charge in [0.05, 0.1) is 32.3 Å². The quantitative estimate of drug-likeness (QED) is 0.664. The van der Waals surface area contributed by atoms with Crippen LogP contribution in [0.5, 0.6) is 0 Å². The van der Waals surface area contributed by atoms with Crippen LogP contribution in [0.15, 0.2) is 23.1 Å². The number of carbonyl (C=O) groups is 2. The Morgan fingerprint density at radius 1 is 1.21 bits per heavy atom. The maximum atomic E-state index is 13.1. The number of likely N-dealkylation sites (tertiary alicyclic amines) is 2. The number of benzene rings is 1. The minimum Gasteiger partial charge on any atom is -0.366 e. The molecule has 0 spiro atoms. The predicted octanol–water partition coefficient (Wildman–Crippen LogP) is 2.70. The number of carbonyl (C=O) groups excluding carboxylic acids is 2. The lowest BCUT2D eigenvalue weighted by Crippen LogP contribution is -2.62. The molecule has 3 aliphatic heterocycles. The van der Waals surface area contributed by atoms with Crippen LogP contribution < -0.4 is 5.32 Å². The van der Waals surface area contributed by atoms with E-state index in [1.165, 1.54) is 6.07 Å². The molecule has 0 saturated carbocycles. The van der Waals surface area contributed by atoms with Crippen LogP contribution in [0.25, 0.3) is 0 Å². The van der Waals surface area contributed by atoms with E-state index in [0.29, 0.717) is 57.4 Å². The zero-order valence-corrected chi connectivity index (χ0v) is 19.7. The summed E-state index contributed by atoms with van der Waals surface area (Å²) in [5.74, 6) is -0.0688. The summed E-state index contributed by atoms with van der Waals surface area (Å²) in [5, 5.41) is 2.89. The molecule has 3 fully saturated rings. The number of amides is 3. The van der Waals surface area contributed by atoms with Crippen molar-refractivity contribution < 1.29 is 31.7 Å². The Kier molecular flexibility index (Phi) is 6.83. The zero-order valence-electron chi connectivity index (χ0n) is 18.9. The molecular weight excluding hydrogens is 473 g/mol. The van der Waals surface area contributed by atoms with E-state index in [4.69, 9.17) is 9.52 Å². The summed E-state index contributed by atoms with van der Waals surface area (Å²) in [6, 6.07) is 2.84. The van der Waals surface area contributed by atoms with Crippen molar-refractivity contribution in [2.24, 2.45) is 5.92 Å². The number of hydrogen-bond acceptors (Lipinski definition) is 5. The second-order valence-corrected chi connectivity index (χ2v) is 11.5. The van der Waals surface area contributed by atoms with Gasteiger partial charge in [-0.25, -0.2) is 13.8 Å². The van der Waals surface area contributed by atoms with Gasteiger partial charge in [0.2, 0.25) is 5.91 Å². The third kappa shape index (κ3) is 5.48. The van der Waals surface area contributed by atoms with Gasteiger partial charge in [-0.15, -0.1) is 0 Å². The number of alkyl halides is 3. The van der Waals surface area contributed by atoms with Gasteiger partial charge in [0.15, 0.2) is 0 Å². The van der Waals surface area contributed by atoms with Gasteiger partial charge in [0.25, 0.3) is 0 Å². The van der Waals surface area contributed by atoms with E-state index in [1.807, 2.05) is 0 Å². The molecule has 3 atom stereocenters. The fourth-order valence-electron chi connectivity index (χ4n) is 4.98. The van der Waals surface area contributed by atoms with E-state index in [1.54, 1.807) is 9.80 Å². The lowest BCUT2D eigenvalue weighted by Gasteiger charge is -2.43. The van der Waals surface area contributed by atoms with Crippen molar-refractivity contribution in [3.8, 4) is 0 Å². The third-order valence-corrected chi connectivity index (χ3v) is 8.02. The average Bonchev–Trinajstić information content (AvgIpc) is 2.77. The minimum absolute atomic E-state index is 0.0521. The smallest absolute Gasteiger partial charge is 0.366 e. The van der Waals surface area contributed by atoms with Crippen molar-refractivity contribution in [3.63, 3.8) is 0 Å². The molecule has 3 saturated heterocycles. The molecule has 3 aliphatic rings. The molecule has 188 valence electrons. The summed E-state index contributed by atoms with van der Waals surface area (Å²) >= 11 is 0. The van der Waals surface area contributed by atoms with Gasteiger partial charge in [-0.05, 0) is 49.3 Å². The van der Waals surface area contributed by atoms with Crippen molar-refractivity contribution in [3.05, 3.63) is 29.3 Å². The lowest BCUT2D eigenvalue weighted by atomic mass is 9.90. The van der Waals surface area contributed by atoms with E-state index in [9.17, 15) is 27.0 Å². The molecule has 1 aromatic carbocycles. The third-order valence-electron chi connectivity index (χ3n) is 6.80. The molecule has 34 heavy (non-hydrogen) atoms. The number of urea groups is 1. The van der Waals surface area contributed by atoms with E-state index >= 15 is 0 Å². The largest absolute Gasteiger partial charge is 0.416 e. The second-order valence-electron chi connectivity index (χ2n) is 9.34. The van der Waals surface area contributed by atoms with Crippen LogP contribution in [0.3, 0.4) is 0 Å². The van der Waals surface area contributed by atoms with Crippen molar-refractivity contribution in [2.45, 2.75) is 48.9 Å². The molecule has 0 radical (unpaired) electrons. The summed E-state index contributed by atoms with van der Waals surface area (Å²) < 4.78 is 65.1. The highest BCUT2D eigenvalue weighted by atomic mass is 32.2. The molecule has 0 aliphatic carbocycles. The Morgan fingerprint density at radius 3 is 2.53 bits per heavy atom. The van der Waals surface area contributed by atoms with Gasteiger partial charge in [0.1, 0.15) is 6.61 Å². The highest BCUT2D eigenvalue weighted by Gasteiger charge is 2.38. The van der Waals surface area contributed by atoms with Crippen molar-refractivity contribution in [1.82, 2.24) is 15.1 Å². The lowest BCUT2D eigenvalue weighted by molar-refractivity contribution is -0.140. The number of rotatable bonds is 3. The SMILES string of the molecule is CS(=N)(=O)c1cc(C(F)(F)F)ccc1CC1CCN(C(=O)N2CC[C@@H]3OCC(=O)N[C@@H]3C2)CC1. The summed E-state index contributed by atoms with van der Waals surface area (Å²) in [7, 11) is -3.33. The fourth-order valence-corrected chi connectivity index (χ4v) is 5.98.